The molecule has 0 atom stereocenters. The Morgan fingerprint density at radius 2 is 1.67 bits per heavy atom. The van der Waals surface area contributed by atoms with E-state index in [0.29, 0.717) is 10.6 Å². The molecular formula is C17H13ClN2O6S. The van der Waals surface area contributed by atoms with E-state index < -0.39 is 26.5 Å². The first-order valence-corrected chi connectivity index (χ1v) is 9.27. The zero-order valence-electron chi connectivity index (χ0n) is 13.8. The van der Waals surface area contributed by atoms with Crippen LogP contribution in [0.4, 0.5) is 11.4 Å². The van der Waals surface area contributed by atoms with Gasteiger partial charge < -0.3 is 15.3 Å². The Kier molecular flexibility index (Phi) is 4.68. The number of benzene rings is 3. The third-order valence-electron chi connectivity index (χ3n) is 3.82. The van der Waals surface area contributed by atoms with Crippen LogP contribution >= 0.6 is 11.6 Å². The highest BCUT2D eigenvalue weighted by molar-refractivity contribution is 7.85. The van der Waals surface area contributed by atoms with E-state index in [1.54, 1.807) is 6.92 Å². The number of fused-ring (bicyclic) bond motifs is 1. The van der Waals surface area contributed by atoms with Crippen LogP contribution in [0.25, 0.3) is 10.8 Å². The third kappa shape index (κ3) is 3.65. The summed E-state index contributed by atoms with van der Waals surface area (Å²) in [5.74, 6) is -1.16. The number of rotatable bonds is 3. The molecule has 0 saturated heterocycles. The molecule has 8 nitrogen and oxygen atoms in total. The lowest BCUT2D eigenvalue weighted by Gasteiger charge is -2.10. The van der Waals surface area contributed by atoms with Crippen molar-refractivity contribution in [1.29, 1.82) is 0 Å². The topological polar surface area (TPSA) is 140 Å². The van der Waals surface area contributed by atoms with Gasteiger partial charge in [0.2, 0.25) is 0 Å². The summed E-state index contributed by atoms with van der Waals surface area (Å²) >= 11 is 5.85. The van der Waals surface area contributed by atoms with Crippen molar-refractivity contribution >= 4 is 43.9 Å². The summed E-state index contributed by atoms with van der Waals surface area (Å²) in [6.45, 7) is 1.59. The van der Waals surface area contributed by atoms with E-state index in [-0.39, 0.29) is 27.9 Å². The minimum atomic E-state index is -4.53. The van der Waals surface area contributed by atoms with Crippen molar-refractivity contribution in [2.24, 2.45) is 10.2 Å². The summed E-state index contributed by atoms with van der Waals surface area (Å²) in [6.07, 6.45) is 0. The van der Waals surface area contributed by atoms with Crippen molar-refractivity contribution in [3.8, 4) is 17.2 Å². The zero-order valence-corrected chi connectivity index (χ0v) is 15.3. The Morgan fingerprint density at radius 1 is 0.963 bits per heavy atom. The molecule has 0 spiro atoms. The second-order valence-electron chi connectivity index (χ2n) is 5.74. The lowest BCUT2D eigenvalue weighted by Crippen LogP contribution is -1.98. The highest BCUT2D eigenvalue weighted by atomic mass is 35.5. The molecule has 4 N–H and O–H groups in total. The van der Waals surface area contributed by atoms with Crippen LogP contribution in [-0.2, 0) is 10.1 Å². The van der Waals surface area contributed by atoms with E-state index in [1.165, 1.54) is 24.3 Å². The number of aromatic hydroxyl groups is 3. The van der Waals surface area contributed by atoms with Gasteiger partial charge in [-0.25, -0.2) is 0 Å². The van der Waals surface area contributed by atoms with Crippen molar-refractivity contribution < 1.29 is 28.3 Å². The molecule has 0 amide bonds. The molecule has 0 fully saturated rings. The van der Waals surface area contributed by atoms with Gasteiger partial charge in [0.05, 0.1) is 10.3 Å². The lowest BCUT2D eigenvalue weighted by atomic mass is 10.0. The number of hydrogen-bond acceptors (Lipinski definition) is 7. The van der Waals surface area contributed by atoms with Crippen LogP contribution < -0.4 is 0 Å². The summed E-state index contributed by atoms with van der Waals surface area (Å²) in [4.78, 5) is -0.510. The maximum Gasteiger partial charge on any atom is 0.294 e. The number of nitrogens with zero attached hydrogens (tertiary/aromatic N) is 2. The Balaban J connectivity index is 2.19. The number of aryl methyl sites for hydroxylation is 1. The zero-order chi connectivity index (χ0) is 19.9. The van der Waals surface area contributed by atoms with Gasteiger partial charge in [0.15, 0.2) is 5.75 Å². The van der Waals surface area contributed by atoms with Crippen molar-refractivity contribution in [3.05, 3.63) is 47.0 Å². The first kappa shape index (κ1) is 18.9. The van der Waals surface area contributed by atoms with E-state index in [1.807, 2.05) is 0 Å². The van der Waals surface area contributed by atoms with Gasteiger partial charge in [-0.3, -0.25) is 4.55 Å². The standard InChI is InChI=1S/C17H13ClN2O6S/c1-8-4-9-5-11(27(24,25)26)7-14(22)15(9)17(23)16(8)20-19-12-6-10(18)2-3-13(12)21/h2-7,21-23H,1H3,(H,24,25,26). The highest BCUT2D eigenvalue weighted by Gasteiger charge is 2.18. The molecule has 3 aromatic carbocycles. The van der Waals surface area contributed by atoms with Gasteiger partial charge in [-0.15, -0.1) is 10.2 Å². The number of hydrogen-bond donors (Lipinski definition) is 4. The molecule has 0 saturated carbocycles. The predicted molar refractivity (Wildman–Crippen MR) is 99.1 cm³/mol. The minimum absolute atomic E-state index is 0.0109. The summed E-state index contributed by atoms with van der Waals surface area (Å²) in [5, 5.41) is 38.6. The van der Waals surface area contributed by atoms with Crippen molar-refractivity contribution in [3.63, 3.8) is 0 Å². The van der Waals surface area contributed by atoms with Crippen molar-refractivity contribution in [2.75, 3.05) is 0 Å². The molecule has 0 heterocycles. The van der Waals surface area contributed by atoms with Gasteiger partial charge in [0.25, 0.3) is 10.1 Å². The second kappa shape index (κ2) is 6.69. The Labute approximate surface area is 158 Å². The van der Waals surface area contributed by atoms with Crippen LogP contribution in [-0.4, -0.2) is 28.3 Å². The summed E-state index contributed by atoms with van der Waals surface area (Å²) in [7, 11) is -4.53. The van der Waals surface area contributed by atoms with E-state index in [9.17, 15) is 23.7 Å². The minimum Gasteiger partial charge on any atom is -0.507 e. The molecule has 3 rings (SSSR count). The van der Waals surface area contributed by atoms with Gasteiger partial charge in [0, 0.05) is 11.1 Å². The molecule has 0 unspecified atom stereocenters. The fourth-order valence-corrected chi connectivity index (χ4v) is 3.26. The van der Waals surface area contributed by atoms with Gasteiger partial charge in [0.1, 0.15) is 22.9 Å². The van der Waals surface area contributed by atoms with Gasteiger partial charge in [-0.05, 0) is 48.2 Å². The smallest absolute Gasteiger partial charge is 0.294 e. The van der Waals surface area contributed by atoms with Crippen LogP contribution in [0.1, 0.15) is 5.56 Å². The molecule has 0 aliphatic rings. The van der Waals surface area contributed by atoms with Crippen LogP contribution in [0.2, 0.25) is 5.02 Å². The molecule has 10 heteroatoms. The molecule has 0 radical (unpaired) electrons. The number of phenols is 3. The van der Waals surface area contributed by atoms with Crippen LogP contribution in [0, 0.1) is 6.92 Å². The van der Waals surface area contributed by atoms with Crippen LogP contribution in [0.5, 0.6) is 17.2 Å². The van der Waals surface area contributed by atoms with Crippen LogP contribution in [0.3, 0.4) is 0 Å². The van der Waals surface area contributed by atoms with E-state index >= 15 is 0 Å². The predicted octanol–water partition coefficient (Wildman–Crippen LogP) is 4.58. The quantitative estimate of drug-likeness (QED) is 0.369. The monoisotopic (exact) mass is 408 g/mol. The average molecular weight is 409 g/mol. The second-order valence-corrected chi connectivity index (χ2v) is 7.60. The average Bonchev–Trinajstić information content (AvgIpc) is 2.56. The molecule has 27 heavy (non-hydrogen) atoms. The lowest BCUT2D eigenvalue weighted by molar-refractivity contribution is 0.459. The van der Waals surface area contributed by atoms with Crippen LogP contribution in [0.15, 0.2) is 51.5 Å². The number of halogens is 1. The van der Waals surface area contributed by atoms with E-state index in [2.05, 4.69) is 10.2 Å². The number of azo groups is 1. The largest absolute Gasteiger partial charge is 0.507 e. The Hall–Kier alpha value is -2.88. The summed E-state index contributed by atoms with van der Waals surface area (Å²) < 4.78 is 31.8. The molecule has 140 valence electrons. The molecule has 0 aliphatic carbocycles. The number of phenolic OH excluding ortho intramolecular Hbond substituents is 3. The molecule has 3 aromatic rings. The fourth-order valence-electron chi connectivity index (χ4n) is 2.56. The molecule has 0 bridgehead atoms. The van der Waals surface area contributed by atoms with Gasteiger partial charge >= 0.3 is 0 Å². The SMILES string of the molecule is Cc1cc2cc(S(=O)(=O)O)cc(O)c2c(O)c1N=Nc1cc(Cl)ccc1O. The first-order valence-electron chi connectivity index (χ1n) is 7.45. The fraction of sp³-hybridized carbons (Fsp3) is 0.0588. The van der Waals surface area contributed by atoms with E-state index in [4.69, 9.17) is 16.2 Å². The van der Waals surface area contributed by atoms with Crippen molar-refractivity contribution in [2.45, 2.75) is 11.8 Å². The first-order chi connectivity index (χ1) is 12.6. The maximum absolute atomic E-state index is 11.3. The van der Waals surface area contributed by atoms with Crippen molar-refractivity contribution in [1.82, 2.24) is 0 Å². The molecular weight excluding hydrogens is 396 g/mol. The van der Waals surface area contributed by atoms with Gasteiger partial charge in [-0.2, -0.15) is 8.42 Å². The maximum atomic E-state index is 11.3. The normalized spacial score (nSPS) is 12.1. The Morgan fingerprint density at radius 3 is 2.33 bits per heavy atom. The third-order valence-corrected chi connectivity index (χ3v) is 4.89. The summed E-state index contributed by atoms with van der Waals surface area (Å²) in [5.41, 5.74) is 0.501. The van der Waals surface area contributed by atoms with E-state index in [0.717, 1.165) is 12.1 Å². The highest BCUT2D eigenvalue weighted by Crippen LogP contribution is 2.44. The molecule has 0 aliphatic heterocycles. The molecule has 0 aromatic heterocycles. The summed E-state index contributed by atoms with van der Waals surface area (Å²) in [6, 6.07) is 7.59. The Bertz CT molecular complexity index is 1210. The van der Waals surface area contributed by atoms with Gasteiger partial charge in [-0.1, -0.05) is 11.6 Å².